The third-order valence-electron chi connectivity index (χ3n) is 3.62. The quantitative estimate of drug-likeness (QED) is 0.726. The van der Waals surface area contributed by atoms with E-state index < -0.39 is 6.17 Å². The molecule has 0 aliphatic carbocycles. The Morgan fingerprint density at radius 2 is 2.23 bits per heavy atom. The first-order valence-electron chi connectivity index (χ1n) is 7.12. The normalized spacial score (nSPS) is 22.2. The van der Waals surface area contributed by atoms with Crippen molar-refractivity contribution in [2.75, 3.05) is 18.4 Å². The van der Waals surface area contributed by atoms with Crippen molar-refractivity contribution in [3.63, 3.8) is 0 Å². The van der Waals surface area contributed by atoms with E-state index in [4.69, 9.17) is 5.41 Å². The van der Waals surface area contributed by atoms with E-state index in [-0.39, 0.29) is 12.0 Å². The zero-order valence-corrected chi connectivity index (χ0v) is 11.9. The molecule has 0 spiro atoms. The van der Waals surface area contributed by atoms with Crippen LogP contribution in [0.1, 0.15) is 17.3 Å². The van der Waals surface area contributed by atoms with Gasteiger partial charge in [-0.05, 0) is 12.1 Å². The first-order chi connectivity index (χ1) is 10.8. The van der Waals surface area contributed by atoms with E-state index in [2.05, 4.69) is 25.6 Å². The Balaban J connectivity index is 1.82. The van der Waals surface area contributed by atoms with Gasteiger partial charge in [0.2, 0.25) is 0 Å². The van der Waals surface area contributed by atoms with Crippen LogP contribution in [0.4, 0.5) is 10.2 Å². The van der Waals surface area contributed by atoms with Crippen molar-refractivity contribution in [1.29, 1.82) is 5.41 Å². The van der Waals surface area contributed by atoms with Crippen molar-refractivity contribution in [2.24, 2.45) is 0 Å². The first-order valence-corrected chi connectivity index (χ1v) is 7.12. The van der Waals surface area contributed by atoms with E-state index in [0.29, 0.717) is 24.6 Å². The van der Waals surface area contributed by atoms with Crippen molar-refractivity contribution in [2.45, 2.75) is 18.1 Å². The largest absolute Gasteiger partial charge is 0.362 e. The summed E-state index contributed by atoms with van der Waals surface area (Å²) < 4.78 is 13.6. The summed E-state index contributed by atoms with van der Waals surface area (Å²) in [6.07, 6.45) is 5.19. The van der Waals surface area contributed by atoms with Crippen LogP contribution < -0.4 is 10.6 Å². The fraction of sp³-hybridized carbons (Fsp3) is 0.333. The first kappa shape index (κ1) is 14.5. The molecule has 3 atom stereocenters. The van der Waals surface area contributed by atoms with Gasteiger partial charge in [-0.2, -0.15) is 0 Å². The van der Waals surface area contributed by atoms with E-state index >= 15 is 0 Å². The Kier molecular flexibility index (Phi) is 4.34. The molecule has 7 heteroatoms. The molecule has 0 radical (unpaired) electrons. The highest BCUT2D eigenvalue weighted by atomic mass is 19.1. The molecule has 1 fully saturated rings. The predicted octanol–water partition coefficient (Wildman–Crippen LogP) is 1.37. The van der Waals surface area contributed by atoms with Crippen LogP contribution in [0.15, 0.2) is 36.8 Å². The van der Waals surface area contributed by atoms with E-state index in [1.54, 1.807) is 18.6 Å². The van der Waals surface area contributed by atoms with E-state index in [1.165, 1.54) is 6.21 Å². The Hall–Kier alpha value is -2.41. The SMILES string of the molecule is N=CC(c1ccccn1)c1cncc(NC2CNCC2F)n1. The molecule has 0 bridgehead atoms. The summed E-state index contributed by atoms with van der Waals surface area (Å²) in [5.41, 5.74) is 1.34. The summed E-state index contributed by atoms with van der Waals surface area (Å²) in [4.78, 5) is 12.9. The highest BCUT2D eigenvalue weighted by molar-refractivity contribution is 5.68. The minimum atomic E-state index is -0.945. The number of hydrogen-bond acceptors (Lipinski definition) is 6. The lowest BCUT2D eigenvalue weighted by molar-refractivity contribution is 0.342. The van der Waals surface area contributed by atoms with Crippen molar-refractivity contribution < 1.29 is 4.39 Å². The van der Waals surface area contributed by atoms with Crippen LogP contribution in [-0.4, -0.2) is 46.5 Å². The van der Waals surface area contributed by atoms with Gasteiger partial charge in [0.1, 0.15) is 12.0 Å². The lowest BCUT2D eigenvalue weighted by Crippen LogP contribution is -2.30. The van der Waals surface area contributed by atoms with Gasteiger partial charge in [0.25, 0.3) is 0 Å². The standard InChI is InChI=1S/C15H17FN6/c16-11-6-18-8-14(11)22-15-9-19-7-13(21-15)10(5-17)12-3-1-2-4-20-12/h1-5,7,9-11,14,17-18H,6,8H2,(H,21,22). The number of nitrogens with one attached hydrogen (secondary N) is 3. The number of alkyl halides is 1. The molecule has 2 aromatic heterocycles. The fourth-order valence-electron chi connectivity index (χ4n) is 2.46. The molecule has 0 amide bonds. The van der Waals surface area contributed by atoms with Gasteiger partial charge < -0.3 is 16.0 Å². The van der Waals surface area contributed by atoms with Crippen molar-refractivity contribution in [1.82, 2.24) is 20.3 Å². The number of nitrogens with zero attached hydrogens (tertiary/aromatic N) is 3. The Morgan fingerprint density at radius 3 is 2.91 bits per heavy atom. The van der Waals surface area contributed by atoms with E-state index in [1.807, 2.05) is 18.2 Å². The van der Waals surface area contributed by atoms with Crippen LogP contribution in [0.5, 0.6) is 0 Å². The molecule has 1 aliphatic rings. The second kappa shape index (κ2) is 6.57. The summed E-state index contributed by atoms with van der Waals surface area (Å²) >= 11 is 0. The highest BCUT2D eigenvalue weighted by Gasteiger charge is 2.27. The van der Waals surface area contributed by atoms with Crippen LogP contribution >= 0.6 is 0 Å². The van der Waals surface area contributed by atoms with E-state index in [9.17, 15) is 4.39 Å². The summed E-state index contributed by atoms with van der Waals surface area (Å²) in [6.45, 7) is 0.906. The maximum absolute atomic E-state index is 13.6. The Labute approximate surface area is 127 Å². The summed E-state index contributed by atoms with van der Waals surface area (Å²) in [6, 6.07) is 5.23. The molecule has 114 valence electrons. The van der Waals surface area contributed by atoms with Crippen LogP contribution in [-0.2, 0) is 0 Å². The molecule has 1 aliphatic heterocycles. The minimum Gasteiger partial charge on any atom is -0.362 e. The molecule has 2 aromatic rings. The summed E-state index contributed by atoms with van der Waals surface area (Å²) in [7, 11) is 0. The van der Waals surface area contributed by atoms with Crippen molar-refractivity contribution >= 4 is 12.0 Å². The maximum atomic E-state index is 13.6. The maximum Gasteiger partial charge on any atom is 0.145 e. The van der Waals surface area contributed by atoms with Crippen molar-refractivity contribution in [3.05, 3.63) is 48.2 Å². The molecule has 3 rings (SSSR count). The molecular formula is C15H17FN6. The average Bonchev–Trinajstić information content (AvgIpc) is 2.95. The smallest absolute Gasteiger partial charge is 0.145 e. The third-order valence-corrected chi connectivity index (χ3v) is 3.62. The van der Waals surface area contributed by atoms with Crippen LogP contribution in [0.25, 0.3) is 0 Å². The summed E-state index contributed by atoms with van der Waals surface area (Å²) in [5.74, 6) is 0.148. The molecule has 3 unspecified atom stereocenters. The number of halogens is 1. The van der Waals surface area contributed by atoms with Gasteiger partial charge in [-0.15, -0.1) is 0 Å². The van der Waals surface area contributed by atoms with Gasteiger partial charge in [0.15, 0.2) is 0 Å². The number of rotatable bonds is 5. The van der Waals surface area contributed by atoms with Crippen LogP contribution in [0.2, 0.25) is 0 Å². The van der Waals surface area contributed by atoms with Gasteiger partial charge in [0.05, 0.1) is 29.5 Å². The third kappa shape index (κ3) is 3.09. The average molecular weight is 300 g/mol. The van der Waals surface area contributed by atoms with Gasteiger partial charge in [-0.1, -0.05) is 6.07 Å². The molecule has 0 saturated carbocycles. The van der Waals surface area contributed by atoms with Crippen LogP contribution in [0, 0.1) is 5.41 Å². The van der Waals surface area contributed by atoms with Gasteiger partial charge in [-0.25, -0.2) is 9.37 Å². The molecule has 0 aromatic carbocycles. The minimum absolute atomic E-state index is 0.308. The second-order valence-electron chi connectivity index (χ2n) is 5.15. The molecule has 3 N–H and O–H groups in total. The molecule has 1 saturated heterocycles. The second-order valence-corrected chi connectivity index (χ2v) is 5.15. The Morgan fingerprint density at radius 1 is 1.32 bits per heavy atom. The molecule has 22 heavy (non-hydrogen) atoms. The fourth-order valence-corrected chi connectivity index (χ4v) is 2.46. The predicted molar refractivity (Wildman–Crippen MR) is 82.1 cm³/mol. The van der Waals surface area contributed by atoms with Gasteiger partial charge in [-0.3, -0.25) is 9.97 Å². The topological polar surface area (TPSA) is 86.6 Å². The number of anilines is 1. The van der Waals surface area contributed by atoms with Gasteiger partial charge in [0, 0.05) is 31.7 Å². The lowest BCUT2D eigenvalue weighted by atomic mass is 10.0. The molecule has 3 heterocycles. The number of pyridine rings is 1. The lowest BCUT2D eigenvalue weighted by Gasteiger charge is -2.16. The highest BCUT2D eigenvalue weighted by Crippen LogP contribution is 2.20. The van der Waals surface area contributed by atoms with E-state index in [0.717, 1.165) is 5.69 Å². The molecular weight excluding hydrogens is 283 g/mol. The zero-order valence-electron chi connectivity index (χ0n) is 11.9. The monoisotopic (exact) mass is 300 g/mol. The molecule has 6 nitrogen and oxygen atoms in total. The van der Waals surface area contributed by atoms with Gasteiger partial charge >= 0.3 is 0 Å². The van der Waals surface area contributed by atoms with Crippen molar-refractivity contribution in [3.8, 4) is 0 Å². The zero-order chi connectivity index (χ0) is 15.4. The Bertz CT molecular complexity index is 635. The number of aromatic nitrogens is 3. The van der Waals surface area contributed by atoms with Crippen LogP contribution in [0.3, 0.4) is 0 Å². The summed E-state index contributed by atoms with van der Waals surface area (Å²) in [5, 5.41) is 13.7. The number of hydrogen-bond donors (Lipinski definition) is 3.